The van der Waals surface area contributed by atoms with Gasteiger partial charge < -0.3 is 26.2 Å². The molecule has 4 atom stereocenters. The number of carbonyl (C=O) groups is 3. The number of phenols is 1. The number of fused-ring (bicyclic) bond motifs is 3. The maximum Gasteiger partial charge on any atom is 0.228 e. The summed E-state index contributed by atoms with van der Waals surface area (Å²) < 4.78 is 0. The number of aliphatic hydroxyl groups is 3. The number of hydrogen-bond donors (Lipinski definition) is 5. The van der Waals surface area contributed by atoms with Crippen molar-refractivity contribution in [1.29, 1.82) is 0 Å². The average Bonchev–Trinajstić information content (AvgIpc) is 2.57. The SMILES string of the molecule is Cl.Cl.NC(=O)C12Cc3cccc(O)c3C(O)=C1C(=O)C1(O)C(=O)CC(O)CC1C2. The lowest BCUT2D eigenvalue weighted by Crippen LogP contribution is -2.66. The molecule has 4 unspecified atom stereocenters. The van der Waals surface area contributed by atoms with E-state index in [4.69, 9.17) is 5.73 Å². The summed E-state index contributed by atoms with van der Waals surface area (Å²) >= 11 is 0. The molecule has 1 aromatic carbocycles. The van der Waals surface area contributed by atoms with Gasteiger partial charge in [0, 0.05) is 12.3 Å². The van der Waals surface area contributed by atoms with Gasteiger partial charge in [0.05, 0.1) is 22.7 Å². The molecule has 2 fully saturated rings. The molecule has 158 valence electrons. The number of phenolic OH excluding ortho intramolecular Hbond substituents is 1. The van der Waals surface area contributed by atoms with Crippen LogP contribution in [0.4, 0.5) is 0 Å². The van der Waals surface area contributed by atoms with Crippen LogP contribution in [0.3, 0.4) is 0 Å². The highest BCUT2D eigenvalue weighted by atomic mass is 35.5. The number of aromatic hydroxyl groups is 1. The van der Waals surface area contributed by atoms with Gasteiger partial charge in [-0.3, -0.25) is 14.4 Å². The first kappa shape index (κ1) is 23.2. The maximum atomic E-state index is 13.2. The van der Waals surface area contributed by atoms with Gasteiger partial charge in [-0.05, 0) is 30.9 Å². The fourth-order valence-corrected chi connectivity index (χ4v) is 4.92. The second-order valence-corrected chi connectivity index (χ2v) is 7.67. The average molecular weight is 446 g/mol. The zero-order valence-electron chi connectivity index (χ0n) is 15.1. The fraction of sp³-hybridized carbons (Fsp3) is 0.421. The Hall–Kier alpha value is -2.13. The molecule has 0 heterocycles. The lowest BCUT2D eigenvalue weighted by Gasteiger charge is -2.51. The molecule has 6 N–H and O–H groups in total. The minimum Gasteiger partial charge on any atom is -0.507 e. The van der Waals surface area contributed by atoms with Crippen LogP contribution in [-0.4, -0.2) is 49.6 Å². The van der Waals surface area contributed by atoms with Crippen molar-refractivity contribution in [2.75, 3.05) is 0 Å². The summed E-state index contributed by atoms with van der Waals surface area (Å²) in [6.45, 7) is 0. The van der Waals surface area contributed by atoms with Gasteiger partial charge >= 0.3 is 0 Å². The van der Waals surface area contributed by atoms with E-state index in [0.717, 1.165) is 0 Å². The van der Waals surface area contributed by atoms with Crippen molar-refractivity contribution in [3.05, 3.63) is 34.9 Å². The van der Waals surface area contributed by atoms with Gasteiger partial charge in [0.25, 0.3) is 0 Å². The Labute approximate surface area is 178 Å². The van der Waals surface area contributed by atoms with Gasteiger partial charge in [-0.2, -0.15) is 0 Å². The predicted molar refractivity (Wildman–Crippen MR) is 106 cm³/mol. The first-order chi connectivity index (χ1) is 12.6. The Kier molecular flexibility index (Phi) is 5.81. The molecule has 1 amide bonds. The van der Waals surface area contributed by atoms with Crippen molar-refractivity contribution in [2.45, 2.75) is 37.4 Å². The van der Waals surface area contributed by atoms with Gasteiger partial charge in [0.2, 0.25) is 11.7 Å². The third-order valence-electron chi connectivity index (χ3n) is 6.21. The Morgan fingerprint density at radius 1 is 1.17 bits per heavy atom. The molecule has 2 saturated carbocycles. The van der Waals surface area contributed by atoms with Crippen LogP contribution in [0.1, 0.15) is 30.4 Å². The lowest BCUT2D eigenvalue weighted by molar-refractivity contribution is -0.171. The Balaban J connectivity index is 0.00000150. The molecule has 0 radical (unpaired) electrons. The predicted octanol–water partition coefficient (Wildman–Crippen LogP) is 0.577. The van der Waals surface area contributed by atoms with Crippen molar-refractivity contribution in [3.8, 4) is 5.75 Å². The van der Waals surface area contributed by atoms with E-state index in [0.29, 0.717) is 5.56 Å². The van der Waals surface area contributed by atoms with Crippen LogP contribution in [0, 0.1) is 11.3 Å². The summed E-state index contributed by atoms with van der Waals surface area (Å²) in [4.78, 5) is 38.1. The summed E-state index contributed by atoms with van der Waals surface area (Å²) in [7, 11) is 0. The van der Waals surface area contributed by atoms with E-state index >= 15 is 0 Å². The van der Waals surface area contributed by atoms with Crippen molar-refractivity contribution in [2.24, 2.45) is 17.1 Å². The van der Waals surface area contributed by atoms with E-state index in [1.807, 2.05) is 0 Å². The van der Waals surface area contributed by atoms with E-state index in [1.165, 1.54) is 12.1 Å². The Morgan fingerprint density at radius 2 is 1.83 bits per heavy atom. The number of nitrogens with two attached hydrogens (primary N) is 1. The molecular formula is C19H21Cl2NO7. The molecule has 0 aromatic heterocycles. The van der Waals surface area contributed by atoms with E-state index < -0.39 is 58.3 Å². The van der Waals surface area contributed by atoms with E-state index in [-0.39, 0.29) is 55.4 Å². The van der Waals surface area contributed by atoms with Crippen molar-refractivity contribution < 1.29 is 34.8 Å². The number of Topliss-reactive ketones (excluding diaryl/α,β-unsaturated/α-hetero) is 2. The molecule has 3 aliphatic rings. The largest absolute Gasteiger partial charge is 0.507 e. The number of aliphatic hydroxyl groups excluding tert-OH is 2. The van der Waals surface area contributed by atoms with Crippen LogP contribution in [-0.2, 0) is 20.8 Å². The molecule has 0 spiro atoms. The van der Waals surface area contributed by atoms with Crippen molar-refractivity contribution in [3.63, 3.8) is 0 Å². The first-order valence-corrected chi connectivity index (χ1v) is 8.66. The van der Waals surface area contributed by atoms with Gasteiger partial charge in [0.15, 0.2) is 11.4 Å². The minimum atomic E-state index is -2.43. The highest BCUT2D eigenvalue weighted by molar-refractivity contribution is 6.24. The number of halogens is 2. The highest BCUT2D eigenvalue weighted by Gasteiger charge is 2.66. The molecule has 3 aliphatic carbocycles. The van der Waals surface area contributed by atoms with Gasteiger partial charge in [0.1, 0.15) is 11.5 Å². The molecular weight excluding hydrogens is 425 g/mol. The fourth-order valence-electron chi connectivity index (χ4n) is 4.92. The van der Waals surface area contributed by atoms with E-state index in [9.17, 15) is 34.8 Å². The molecule has 8 nitrogen and oxygen atoms in total. The zero-order valence-corrected chi connectivity index (χ0v) is 16.8. The number of benzene rings is 1. The van der Waals surface area contributed by atoms with Crippen LogP contribution < -0.4 is 5.73 Å². The molecule has 0 bridgehead atoms. The second kappa shape index (κ2) is 7.28. The number of rotatable bonds is 1. The molecule has 29 heavy (non-hydrogen) atoms. The van der Waals surface area contributed by atoms with E-state index in [1.54, 1.807) is 6.07 Å². The van der Waals surface area contributed by atoms with Crippen LogP contribution in [0.15, 0.2) is 23.8 Å². The molecule has 10 heteroatoms. The first-order valence-electron chi connectivity index (χ1n) is 8.66. The summed E-state index contributed by atoms with van der Waals surface area (Å²) in [6, 6.07) is 4.45. The number of amides is 1. The molecule has 0 aliphatic heterocycles. The smallest absolute Gasteiger partial charge is 0.228 e. The number of primary amides is 1. The number of ketones is 2. The Morgan fingerprint density at radius 3 is 2.45 bits per heavy atom. The molecule has 4 rings (SSSR count). The second-order valence-electron chi connectivity index (χ2n) is 7.67. The summed E-state index contributed by atoms with van der Waals surface area (Å²) in [6.07, 6.45) is -1.68. The third kappa shape index (κ3) is 2.85. The van der Waals surface area contributed by atoms with Gasteiger partial charge in [-0.1, -0.05) is 12.1 Å². The minimum absolute atomic E-state index is 0. The highest BCUT2D eigenvalue weighted by Crippen LogP contribution is 2.56. The maximum absolute atomic E-state index is 13.2. The number of carbonyl (C=O) groups excluding carboxylic acids is 3. The van der Waals surface area contributed by atoms with Crippen LogP contribution in [0.5, 0.6) is 5.75 Å². The standard InChI is InChI=1S/C19H19NO7.2ClH/c20-17(26)18-6-8-2-1-3-11(22)13(8)15(24)14(18)16(25)19(27)9(7-18)4-10(21)5-12(19)23;;/h1-3,9-10,21-22,24,27H,4-7H2,(H2,20,26);2*1H. The third-order valence-corrected chi connectivity index (χ3v) is 6.21. The van der Waals surface area contributed by atoms with Crippen LogP contribution in [0.2, 0.25) is 0 Å². The van der Waals surface area contributed by atoms with Gasteiger partial charge in [-0.15, -0.1) is 24.8 Å². The zero-order chi connectivity index (χ0) is 19.7. The molecule has 1 aromatic rings. The number of hydrogen-bond acceptors (Lipinski definition) is 7. The summed E-state index contributed by atoms with van der Waals surface area (Å²) in [5.74, 6) is -4.74. The quantitative estimate of drug-likeness (QED) is 0.395. The van der Waals surface area contributed by atoms with Gasteiger partial charge in [-0.25, -0.2) is 0 Å². The van der Waals surface area contributed by atoms with Crippen LogP contribution in [0.25, 0.3) is 5.76 Å². The summed E-state index contributed by atoms with van der Waals surface area (Å²) in [5.41, 5.74) is 1.56. The van der Waals surface area contributed by atoms with E-state index in [2.05, 4.69) is 0 Å². The van der Waals surface area contributed by atoms with Crippen LogP contribution >= 0.6 is 24.8 Å². The van der Waals surface area contributed by atoms with Crippen molar-refractivity contribution in [1.82, 2.24) is 0 Å². The molecule has 0 saturated heterocycles. The lowest BCUT2D eigenvalue weighted by atomic mass is 9.52. The van der Waals surface area contributed by atoms with Crippen molar-refractivity contribution >= 4 is 48.0 Å². The monoisotopic (exact) mass is 445 g/mol. The Bertz CT molecular complexity index is 946. The normalized spacial score (nSPS) is 32.9. The summed E-state index contributed by atoms with van der Waals surface area (Å²) in [5, 5.41) is 41.8. The topological polar surface area (TPSA) is 158 Å².